The number of hydrogen-bond donors (Lipinski definition) is 1. The summed E-state index contributed by atoms with van der Waals surface area (Å²) in [6.07, 6.45) is 0.824. The molecule has 0 amide bonds. The van der Waals surface area contributed by atoms with Crippen molar-refractivity contribution in [3.05, 3.63) is 35.1 Å². The van der Waals surface area contributed by atoms with Crippen molar-refractivity contribution >= 4 is 5.97 Å². The van der Waals surface area contributed by atoms with Gasteiger partial charge in [0.15, 0.2) is 0 Å². The fourth-order valence-electron chi connectivity index (χ4n) is 1.99. The number of halogens is 2. The molecule has 1 aliphatic rings. The zero-order valence-corrected chi connectivity index (χ0v) is 9.76. The van der Waals surface area contributed by atoms with Crippen molar-refractivity contribution in [1.29, 1.82) is 0 Å². The second kappa shape index (κ2) is 3.52. The van der Waals surface area contributed by atoms with Crippen LogP contribution in [0.25, 0.3) is 0 Å². The molecule has 1 N–H and O–H groups in total. The Hall–Kier alpha value is -1.45. The van der Waals surface area contributed by atoms with Crippen molar-refractivity contribution in [2.75, 3.05) is 0 Å². The number of aliphatic carboxylic acids is 1. The molecule has 0 saturated heterocycles. The summed E-state index contributed by atoms with van der Waals surface area (Å²) in [5, 5.41) is 9.11. The smallest absolute Gasteiger partial charge is 0.314 e. The van der Waals surface area contributed by atoms with Crippen LogP contribution in [0.4, 0.5) is 8.78 Å². The van der Waals surface area contributed by atoms with E-state index in [0.29, 0.717) is 18.4 Å². The van der Waals surface area contributed by atoms with Gasteiger partial charge < -0.3 is 5.11 Å². The van der Waals surface area contributed by atoms with Crippen molar-refractivity contribution in [3.63, 3.8) is 0 Å². The van der Waals surface area contributed by atoms with Crippen molar-refractivity contribution in [3.8, 4) is 0 Å². The molecule has 0 spiro atoms. The fraction of sp³-hybridized carbons (Fsp3) is 0.462. The lowest BCUT2D eigenvalue weighted by Gasteiger charge is -2.18. The third-order valence-corrected chi connectivity index (χ3v) is 3.33. The third-order valence-electron chi connectivity index (χ3n) is 3.33. The molecule has 2 rings (SSSR count). The first-order valence-corrected chi connectivity index (χ1v) is 5.50. The molecule has 0 atom stereocenters. The van der Waals surface area contributed by atoms with E-state index in [9.17, 15) is 13.6 Å². The molecule has 2 nitrogen and oxygen atoms in total. The standard InChI is InChI=1S/C13H14F2O2/c1-12(2,15)8-3-4-10(14)9(7-8)13(5-6-13)11(16)17/h3-4,7H,5-6H2,1-2H3,(H,16,17). The molecule has 0 radical (unpaired) electrons. The van der Waals surface area contributed by atoms with Gasteiger partial charge in [-0.2, -0.15) is 0 Å². The summed E-state index contributed by atoms with van der Waals surface area (Å²) in [5.41, 5.74) is -2.32. The Morgan fingerprint density at radius 1 is 1.41 bits per heavy atom. The van der Waals surface area contributed by atoms with Gasteiger partial charge in [0.2, 0.25) is 0 Å². The number of hydrogen-bond acceptors (Lipinski definition) is 1. The average Bonchev–Trinajstić information content (AvgIpc) is 2.97. The van der Waals surface area contributed by atoms with Crippen LogP contribution in [0.1, 0.15) is 37.8 Å². The first-order valence-electron chi connectivity index (χ1n) is 5.50. The predicted molar refractivity (Wildman–Crippen MR) is 59.1 cm³/mol. The summed E-state index contributed by atoms with van der Waals surface area (Å²) in [7, 11) is 0. The Labute approximate surface area is 98.3 Å². The van der Waals surface area contributed by atoms with E-state index in [1.54, 1.807) is 0 Å². The van der Waals surface area contributed by atoms with E-state index in [0.717, 1.165) is 6.07 Å². The van der Waals surface area contributed by atoms with Crippen LogP contribution in [-0.4, -0.2) is 11.1 Å². The van der Waals surface area contributed by atoms with E-state index in [-0.39, 0.29) is 5.56 Å². The summed E-state index contributed by atoms with van der Waals surface area (Å²) < 4.78 is 27.4. The van der Waals surface area contributed by atoms with Gasteiger partial charge in [0.05, 0.1) is 5.41 Å². The van der Waals surface area contributed by atoms with Crippen LogP contribution in [0.2, 0.25) is 0 Å². The van der Waals surface area contributed by atoms with Crippen LogP contribution in [0.3, 0.4) is 0 Å². The van der Waals surface area contributed by atoms with E-state index in [1.165, 1.54) is 26.0 Å². The van der Waals surface area contributed by atoms with Gasteiger partial charge in [0.25, 0.3) is 0 Å². The van der Waals surface area contributed by atoms with Crippen LogP contribution in [0, 0.1) is 5.82 Å². The minimum Gasteiger partial charge on any atom is -0.481 e. The van der Waals surface area contributed by atoms with Gasteiger partial charge in [0, 0.05) is 5.56 Å². The normalized spacial score (nSPS) is 17.9. The number of carbonyl (C=O) groups is 1. The molecule has 92 valence electrons. The number of alkyl halides is 1. The maximum Gasteiger partial charge on any atom is 0.314 e. The molecule has 0 heterocycles. The van der Waals surface area contributed by atoms with Crippen LogP contribution >= 0.6 is 0 Å². The summed E-state index contributed by atoms with van der Waals surface area (Å²) >= 11 is 0. The Kier molecular flexibility index (Phi) is 2.49. The number of benzene rings is 1. The molecule has 1 aliphatic carbocycles. The average molecular weight is 240 g/mol. The molecule has 1 aromatic carbocycles. The fourth-order valence-corrected chi connectivity index (χ4v) is 1.99. The van der Waals surface area contributed by atoms with Gasteiger partial charge in [0.1, 0.15) is 11.5 Å². The summed E-state index contributed by atoms with van der Waals surface area (Å²) in [6, 6.07) is 3.85. The zero-order valence-electron chi connectivity index (χ0n) is 9.76. The van der Waals surface area contributed by atoms with Crippen molar-refractivity contribution in [1.82, 2.24) is 0 Å². The Morgan fingerprint density at radius 3 is 2.41 bits per heavy atom. The highest BCUT2D eigenvalue weighted by atomic mass is 19.1. The van der Waals surface area contributed by atoms with Crippen molar-refractivity contribution in [2.24, 2.45) is 0 Å². The Balaban J connectivity index is 2.51. The van der Waals surface area contributed by atoms with E-state index < -0.39 is 22.9 Å². The summed E-state index contributed by atoms with van der Waals surface area (Å²) in [4.78, 5) is 11.1. The summed E-state index contributed by atoms with van der Waals surface area (Å²) in [5.74, 6) is -1.61. The molecule has 1 aromatic rings. The molecule has 0 aromatic heterocycles. The maximum atomic E-state index is 13.8. The first kappa shape index (κ1) is 12.0. The van der Waals surface area contributed by atoms with Gasteiger partial charge in [-0.05, 0) is 44.4 Å². The van der Waals surface area contributed by atoms with Crippen LogP contribution in [0.5, 0.6) is 0 Å². The Morgan fingerprint density at radius 2 is 2.00 bits per heavy atom. The maximum absolute atomic E-state index is 13.8. The predicted octanol–water partition coefficient (Wildman–Crippen LogP) is 3.15. The highest BCUT2D eigenvalue weighted by Crippen LogP contribution is 2.50. The minimum absolute atomic E-state index is 0.105. The lowest BCUT2D eigenvalue weighted by atomic mass is 9.90. The molecular formula is C13H14F2O2. The highest BCUT2D eigenvalue weighted by molar-refractivity contribution is 5.85. The SMILES string of the molecule is CC(C)(F)c1ccc(F)c(C2(C(=O)O)CC2)c1. The molecule has 0 unspecified atom stereocenters. The summed E-state index contributed by atoms with van der Waals surface area (Å²) in [6.45, 7) is 2.73. The molecule has 1 fully saturated rings. The van der Waals surface area contributed by atoms with E-state index in [2.05, 4.69) is 0 Å². The lowest BCUT2D eigenvalue weighted by molar-refractivity contribution is -0.140. The van der Waals surface area contributed by atoms with E-state index in [1.807, 2.05) is 0 Å². The lowest BCUT2D eigenvalue weighted by Crippen LogP contribution is -2.22. The zero-order chi connectivity index (χ0) is 12.8. The number of carboxylic acids is 1. The first-order chi connectivity index (χ1) is 7.77. The van der Waals surface area contributed by atoms with Crippen LogP contribution in [0.15, 0.2) is 18.2 Å². The van der Waals surface area contributed by atoms with Crippen molar-refractivity contribution < 1.29 is 18.7 Å². The largest absolute Gasteiger partial charge is 0.481 e. The second-order valence-electron chi connectivity index (χ2n) is 5.05. The molecule has 4 heteroatoms. The van der Waals surface area contributed by atoms with Crippen LogP contribution in [-0.2, 0) is 15.9 Å². The number of rotatable bonds is 3. The van der Waals surface area contributed by atoms with Crippen molar-refractivity contribution in [2.45, 2.75) is 37.8 Å². The van der Waals surface area contributed by atoms with E-state index in [4.69, 9.17) is 5.11 Å². The topological polar surface area (TPSA) is 37.3 Å². The molecule has 0 aliphatic heterocycles. The molecule has 17 heavy (non-hydrogen) atoms. The molecular weight excluding hydrogens is 226 g/mol. The quantitative estimate of drug-likeness (QED) is 0.881. The van der Waals surface area contributed by atoms with Gasteiger partial charge >= 0.3 is 5.97 Å². The number of carboxylic acid groups (broad SMARTS) is 1. The molecule has 0 bridgehead atoms. The van der Waals surface area contributed by atoms with Crippen LogP contribution < -0.4 is 0 Å². The minimum atomic E-state index is -1.60. The highest BCUT2D eigenvalue weighted by Gasteiger charge is 2.53. The monoisotopic (exact) mass is 240 g/mol. The van der Waals surface area contributed by atoms with Gasteiger partial charge in [-0.25, -0.2) is 8.78 Å². The third kappa shape index (κ3) is 1.92. The van der Waals surface area contributed by atoms with Gasteiger partial charge in [-0.15, -0.1) is 0 Å². The van der Waals surface area contributed by atoms with E-state index >= 15 is 0 Å². The Bertz CT molecular complexity index is 471. The van der Waals surface area contributed by atoms with Gasteiger partial charge in [-0.1, -0.05) is 6.07 Å². The second-order valence-corrected chi connectivity index (χ2v) is 5.05. The van der Waals surface area contributed by atoms with Gasteiger partial charge in [-0.3, -0.25) is 4.79 Å². The molecule has 1 saturated carbocycles.